The highest BCUT2D eigenvalue weighted by Crippen LogP contribution is 2.31. The molecule has 0 spiro atoms. The maximum atomic E-state index is 14.2. The van der Waals surface area contributed by atoms with Gasteiger partial charge >= 0.3 is 12.2 Å². The molecule has 8 N–H and O–H groups in total. The first-order valence-electron chi connectivity index (χ1n) is 18.5. The molecule has 0 unspecified atom stereocenters. The summed E-state index contributed by atoms with van der Waals surface area (Å²) in [6.07, 6.45) is -1.33. The Bertz CT molecular complexity index is 1760. The third kappa shape index (κ3) is 12.2. The molecule has 4 bridgehead atoms. The molecule has 3 atom stereocenters. The van der Waals surface area contributed by atoms with Crippen LogP contribution in [-0.4, -0.2) is 105 Å². The second-order valence-electron chi connectivity index (χ2n) is 16.1. The van der Waals surface area contributed by atoms with Crippen molar-refractivity contribution in [3.8, 4) is 22.6 Å². The van der Waals surface area contributed by atoms with E-state index in [1.165, 1.54) is 17.0 Å². The zero-order valence-electron chi connectivity index (χ0n) is 32.3. The van der Waals surface area contributed by atoms with Gasteiger partial charge in [-0.05, 0) is 93.0 Å². The van der Waals surface area contributed by atoms with Gasteiger partial charge in [-0.25, -0.2) is 9.59 Å². The van der Waals surface area contributed by atoms with E-state index in [0.717, 1.165) is 0 Å². The van der Waals surface area contributed by atoms with E-state index in [1.807, 2.05) is 0 Å². The topological polar surface area (TPSA) is 236 Å². The maximum Gasteiger partial charge on any atom is 0.408 e. The summed E-state index contributed by atoms with van der Waals surface area (Å²) in [5.41, 5.74) is 0.277. The molecule has 300 valence electrons. The van der Waals surface area contributed by atoms with Crippen molar-refractivity contribution in [2.24, 2.45) is 5.41 Å². The van der Waals surface area contributed by atoms with Crippen molar-refractivity contribution in [3.05, 3.63) is 47.5 Å². The highest BCUT2D eigenvalue weighted by molar-refractivity contribution is 5.94. The number of hydrogen-bond donors (Lipinski definition) is 8. The molecule has 1 saturated heterocycles. The highest BCUT2D eigenvalue weighted by atomic mass is 16.6. The number of piperidine rings is 1. The predicted octanol–water partition coefficient (Wildman–Crippen LogP) is 2.93. The Labute approximate surface area is 320 Å². The van der Waals surface area contributed by atoms with E-state index in [-0.39, 0.29) is 68.8 Å². The number of carbonyl (C=O) groups excluding carboxylic acids is 5. The average molecular weight is 767 g/mol. The first-order valence-corrected chi connectivity index (χ1v) is 18.5. The molecule has 1 fully saturated rings. The summed E-state index contributed by atoms with van der Waals surface area (Å²) in [5, 5.41) is 45.0. The SMILES string of the molecule is CC(C)(C)OC(=O)N[C@H]1Cc2cc(ccc2O)-c2ccc(O)c(c2)C[C@@H](C(=O)NC2CCN(C(=O)O)CC2)NC(=O)[C@H](CCCNC(=O)C(C)(C)C)NC1=O. The van der Waals surface area contributed by atoms with Crippen molar-refractivity contribution < 1.29 is 48.8 Å². The Balaban J connectivity index is 1.73. The van der Waals surface area contributed by atoms with Gasteiger partial charge in [0.1, 0.15) is 35.2 Å². The minimum Gasteiger partial charge on any atom is -0.508 e. The fraction of sp³-hybridized carbons (Fsp3) is 0.538. The number of benzene rings is 2. The third-order valence-corrected chi connectivity index (χ3v) is 9.36. The molecule has 0 saturated carbocycles. The van der Waals surface area contributed by atoms with Crippen LogP contribution in [0.15, 0.2) is 36.4 Å². The number of hydrogen-bond acceptors (Lipinski definition) is 9. The Morgan fingerprint density at radius 2 is 1.42 bits per heavy atom. The number of phenols is 2. The van der Waals surface area contributed by atoms with E-state index in [1.54, 1.807) is 65.8 Å². The molecule has 2 aromatic rings. The van der Waals surface area contributed by atoms with Crippen molar-refractivity contribution >= 4 is 35.8 Å². The number of amides is 6. The number of carboxylic acid groups (broad SMARTS) is 1. The number of nitrogens with zero attached hydrogens (tertiary/aromatic N) is 1. The fourth-order valence-corrected chi connectivity index (χ4v) is 6.27. The van der Waals surface area contributed by atoms with Gasteiger partial charge in [-0.2, -0.15) is 0 Å². The van der Waals surface area contributed by atoms with Gasteiger partial charge in [-0.15, -0.1) is 0 Å². The van der Waals surface area contributed by atoms with Crippen LogP contribution in [0.25, 0.3) is 11.1 Å². The van der Waals surface area contributed by atoms with Gasteiger partial charge < -0.3 is 51.5 Å². The van der Waals surface area contributed by atoms with Crippen LogP contribution >= 0.6 is 0 Å². The van der Waals surface area contributed by atoms with Crippen LogP contribution in [0.3, 0.4) is 0 Å². The molecule has 2 aliphatic heterocycles. The van der Waals surface area contributed by atoms with E-state index in [2.05, 4.69) is 26.6 Å². The molecule has 0 aromatic heterocycles. The first kappa shape index (κ1) is 42.2. The van der Waals surface area contributed by atoms with Gasteiger partial charge in [-0.3, -0.25) is 19.2 Å². The van der Waals surface area contributed by atoms with Gasteiger partial charge in [0.25, 0.3) is 0 Å². The average Bonchev–Trinajstić information content (AvgIpc) is 3.09. The van der Waals surface area contributed by atoms with Gasteiger partial charge in [0.15, 0.2) is 0 Å². The largest absolute Gasteiger partial charge is 0.508 e. The smallest absolute Gasteiger partial charge is 0.408 e. The molecular weight excluding hydrogens is 712 g/mol. The molecule has 55 heavy (non-hydrogen) atoms. The van der Waals surface area contributed by atoms with Crippen LogP contribution in [0.5, 0.6) is 11.5 Å². The molecule has 6 amide bonds. The summed E-state index contributed by atoms with van der Waals surface area (Å²) >= 11 is 0. The number of nitrogens with one attached hydrogen (secondary N) is 5. The van der Waals surface area contributed by atoms with Gasteiger partial charge in [0.05, 0.1) is 0 Å². The molecule has 16 nitrogen and oxygen atoms in total. The standard InChI is InChI=1S/C39H54N6O10/c1-38(2,3)35(51)40-15-7-8-27-32(48)43-28(33(49)41-26-13-16-45(17-14-26)37(53)54)20-24-18-22(9-11-30(24)46)23-10-12-31(47)25(19-23)21-29(34(50)42-27)44-36(52)55-39(4,5)6/h9-12,18-19,26-29,46-47H,7-8,13-17,20-21H2,1-6H3,(H,40,51)(H,41,49)(H,42,50)(H,43,48)(H,44,52)(H,53,54)/t27-,28-,29-/m0/s1. The Hall–Kier alpha value is -5.54. The van der Waals surface area contributed by atoms with E-state index < -0.39 is 59.0 Å². The zero-order valence-corrected chi connectivity index (χ0v) is 32.3. The summed E-state index contributed by atoms with van der Waals surface area (Å²) in [5.74, 6) is -2.56. The lowest BCUT2D eigenvalue weighted by Crippen LogP contribution is -2.58. The minimum absolute atomic E-state index is 0.0185. The number of rotatable bonds is 7. The normalized spacial score (nSPS) is 19.8. The Morgan fingerprint density at radius 1 is 0.836 bits per heavy atom. The summed E-state index contributed by atoms with van der Waals surface area (Å²) in [6, 6.07) is 5.29. The Morgan fingerprint density at radius 3 is 1.96 bits per heavy atom. The second kappa shape index (κ2) is 17.7. The fourth-order valence-electron chi connectivity index (χ4n) is 6.27. The number of carbonyl (C=O) groups is 6. The summed E-state index contributed by atoms with van der Waals surface area (Å²) in [4.78, 5) is 80.4. The highest BCUT2D eigenvalue weighted by Gasteiger charge is 2.33. The van der Waals surface area contributed by atoms with E-state index >= 15 is 0 Å². The van der Waals surface area contributed by atoms with Crippen molar-refractivity contribution in [3.63, 3.8) is 0 Å². The van der Waals surface area contributed by atoms with Crippen LogP contribution in [0.4, 0.5) is 9.59 Å². The minimum atomic E-state index is -1.33. The van der Waals surface area contributed by atoms with Gasteiger partial charge in [0, 0.05) is 43.9 Å². The lowest BCUT2D eigenvalue weighted by Gasteiger charge is -2.32. The zero-order chi connectivity index (χ0) is 40.7. The second-order valence-corrected chi connectivity index (χ2v) is 16.1. The van der Waals surface area contributed by atoms with Crippen molar-refractivity contribution in [1.29, 1.82) is 0 Å². The summed E-state index contributed by atoms with van der Waals surface area (Å²) in [7, 11) is 0. The van der Waals surface area contributed by atoms with Crippen LogP contribution in [0, 0.1) is 5.41 Å². The van der Waals surface area contributed by atoms with E-state index in [0.29, 0.717) is 35.1 Å². The number of aromatic hydroxyl groups is 2. The van der Waals surface area contributed by atoms with Gasteiger partial charge in [-0.1, -0.05) is 32.9 Å². The van der Waals surface area contributed by atoms with Crippen molar-refractivity contribution in [1.82, 2.24) is 31.5 Å². The number of alkyl carbamates (subject to hydrolysis) is 1. The lowest BCUT2D eigenvalue weighted by molar-refractivity contribution is -0.133. The molecule has 4 rings (SSSR count). The summed E-state index contributed by atoms with van der Waals surface area (Å²) in [6.45, 7) is 10.9. The van der Waals surface area contributed by atoms with Crippen LogP contribution < -0.4 is 26.6 Å². The van der Waals surface area contributed by atoms with Crippen molar-refractivity contribution in [2.75, 3.05) is 19.6 Å². The molecule has 0 radical (unpaired) electrons. The van der Waals surface area contributed by atoms with Crippen LogP contribution in [0.1, 0.15) is 78.4 Å². The maximum absolute atomic E-state index is 14.2. The quantitative estimate of drug-likeness (QED) is 0.192. The molecule has 2 aromatic carbocycles. The molecule has 2 aliphatic rings. The van der Waals surface area contributed by atoms with E-state index in [4.69, 9.17) is 4.74 Å². The Kier molecular flexibility index (Phi) is 13.6. The summed E-state index contributed by atoms with van der Waals surface area (Å²) < 4.78 is 5.43. The number of phenolic OH excluding ortho intramolecular Hbond substituents is 2. The molecule has 0 aliphatic carbocycles. The molecular formula is C39H54N6O10. The van der Waals surface area contributed by atoms with Crippen LogP contribution in [0.2, 0.25) is 0 Å². The van der Waals surface area contributed by atoms with Crippen LogP contribution in [-0.2, 0) is 36.8 Å². The van der Waals surface area contributed by atoms with E-state index in [9.17, 15) is 44.1 Å². The first-order chi connectivity index (χ1) is 25.7. The molecule has 2 heterocycles. The predicted molar refractivity (Wildman–Crippen MR) is 202 cm³/mol. The third-order valence-electron chi connectivity index (χ3n) is 9.36. The number of likely N-dealkylation sites (tertiary alicyclic amines) is 1. The molecule has 16 heteroatoms. The van der Waals surface area contributed by atoms with Crippen molar-refractivity contribution in [2.45, 2.75) is 110 Å². The number of ether oxygens (including phenoxy) is 1. The lowest BCUT2D eigenvalue weighted by atomic mass is 9.95. The monoisotopic (exact) mass is 766 g/mol. The van der Waals surface area contributed by atoms with Gasteiger partial charge in [0.2, 0.25) is 23.6 Å². The number of fused-ring (bicyclic) bond motifs is 5.